The average Bonchev–Trinajstić information content (AvgIpc) is 3.21. The molecule has 114 valence electrons. The van der Waals surface area contributed by atoms with E-state index in [-0.39, 0.29) is 0 Å². The fourth-order valence-electron chi connectivity index (χ4n) is 3.68. The number of imidazole rings is 1. The third-order valence-electron chi connectivity index (χ3n) is 4.88. The van der Waals surface area contributed by atoms with E-state index in [1.54, 1.807) is 11.3 Å². The van der Waals surface area contributed by atoms with Gasteiger partial charge in [-0.25, -0.2) is 4.98 Å². The van der Waals surface area contributed by atoms with Gasteiger partial charge in [-0.2, -0.15) is 0 Å². The van der Waals surface area contributed by atoms with Crippen molar-refractivity contribution in [3.63, 3.8) is 0 Å². The minimum atomic E-state index is 0.908. The highest BCUT2D eigenvalue weighted by molar-refractivity contribution is 7.13. The summed E-state index contributed by atoms with van der Waals surface area (Å²) in [6.45, 7) is 1.10. The second-order valence-electron chi connectivity index (χ2n) is 6.35. The summed E-state index contributed by atoms with van der Waals surface area (Å²) in [7, 11) is 0. The SMILES string of the molecule is c1csc(-c2nc3ccccc3n2CCC2CCCCC2)c1. The molecule has 2 aromatic heterocycles. The number of para-hydroxylation sites is 2. The topological polar surface area (TPSA) is 17.8 Å². The number of thiophene rings is 1. The van der Waals surface area contributed by atoms with E-state index in [0.29, 0.717) is 0 Å². The first kappa shape index (κ1) is 14.0. The lowest BCUT2D eigenvalue weighted by atomic mass is 9.87. The lowest BCUT2D eigenvalue weighted by Crippen LogP contribution is -2.10. The van der Waals surface area contributed by atoms with Crippen molar-refractivity contribution < 1.29 is 0 Å². The highest BCUT2D eigenvalue weighted by Crippen LogP contribution is 2.31. The van der Waals surface area contributed by atoms with Gasteiger partial charge in [0.2, 0.25) is 0 Å². The highest BCUT2D eigenvalue weighted by atomic mass is 32.1. The number of rotatable bonds is 4. The maximum absolute atomic E-state index is 4.89. The first-order valence-electron chi connectivity index (χ1n) is 8.41. The van der Waals surface area contributed by atoms with E-state index >= 15 is 0 Å². The maximum Gasteiger partial charge on any atom is 0.151 e. The Morgan fingerprint density at radius 3 is 2.73 bits per heavy atom. The lowest BCUT2D eigenvalue weighted by Gasteiger charge is -2.22. The molecule has 1 aliphatic carbocycles. The van der Waals surface area contributed by atoms with Crippen molar-refractivity contribution >= 4 is 22.4 Å². The summed E-state index contributed by atoms with van der Waals surface area (Å²) in [5, 5.41) is 2.14. The smallest absolute Gasteiger partial charge is 0.151 e. The molecule has 0 atom stereocenters. The number of fused-ring (bicyclic) bond motifs is 1. The Labute approximate surface area is 135 Å². The Balaban J connectivity index is 1.66. The molecule has 0 spiro atoms. The molecular formula is C19H22N2S. The number of hydrogen-bond acceptors (Lipinski definition) is 2. The predicted octanol–water partition coefficient (Wildman–Crippen LogP) is 5.74. The van der Waals surface area contributed by atoms with Gasteiger partial charge >= 0.3 is 0 Å². The van der Waals surface area contributed by atoms with Gasteiger partial charge < -0.3 is 4.57 Å². The van der Waals surface area contributed by atoms with Crippen LogP contribution >= 0.6 is 11.3 Å². The van der Waals surface area contributed by atoms with Gasteiger partial charge in [-0.3, -0.25) is 0 Å². The van der Waals surface area contributed by atoms with E-state index in [1.165, 1.54) is 48.9 Å². The molecule has 0 saturated heterocycles. The number of aromatic nitrogens is 2. The van der Waals surface area contributed by atoms with Crippen molar-refractivity contribution in [1.29, 1.82) is 0 Å². The van der Waals surface area contributed by atoms with Crippen molar-refractivity contribution in [3.05, 3.63) is 41.8 Å². The van der Waals surface area contributed by atoms with Crippen molar-refractivity contribution in [2.24, 2.45) is 5.92 Å². The van der Waals surface area contributed by atoms with Crippen LogP contribution in [0.15, 0.2) is 41.8 Å². The molecule has 2 heterocycles. The van der Waals surface area contributed by atoms with Crippen LogP contribution in [0, 0.1) is 5.92 Å². The molecule has 0 N–H and O–H groups in total. The monoisotopic (exact) mass is 310 g/mol. The molecule has 3 heteroatoms. The van der Waals surface area contributed by atoms with Gasteiger partial charge in [0.25, 0.3) is 0 Å². The maximum atomic E-state index is 4.89. The molecule has 0 radical (unpaired) electrons. The van der Waals surface area contributed by atoms with Crippen molar-refractivity contribution in [2.45, 2.75) is 45.1 Å². The Morgan fingerprint density at radius 2 is 1.91 bits per heavy atom. The summed E-state index contributed by atoms with van der Waals surface area (Å²) in [5.41, 5.74) is 2.40. The molecule has 3 aromatic rings. The first-order valence-corrected chi connectivity index (χ1v) is 9.29. The molecule has 1 aromatic carbocycles. The molecule has 1 saturated carbocycles. The van der Waals surface area contributed by atoms with Crippen LogP contribution in [0.3, 0.4) is 0 Å². The molecule has 22 heavy (non-hydrogen) atoms. The average molecular weight is 310 g/mol. The minimum Gasteiger partial charge on any atom is -0.323 e. The summed E-state index contributed by atoms with van der Waals surface area (Å²) in [4.78, 5) is 6.17. The van der Waals surface area contributed by atoms with E-state index in [2.05, 4.69) is 46.3 Å². The fourth-order valence-corrected chi connectivity index (χ4v) is 4.41. The normalized spacial score (nSPS) is 16.4. The van der Waals surface area contributed by atoms with Crippen LogP contribution in [-0.4, -0.2) is 9.55 Å². The van der Waals surface area contributed by atoms with Gasteiger partial charge in [0.1, 0.15) is 0 Å². The van der Waals surface area contributed by atoms with Gasteiger partial charge in [0.15, 0.2) is 5.82 Å². The summed E-state index contributed by atoms with van der Waals surface area (Å²) in [5.74, 6) is 2.05. The van der Waals surface area contributed by atoms with Crippen LogP contribution in [0.1, 0.15) is 38.5 Å². The molecule has 0 bridgehead atoms. The molecule has 0 amide bonds. The van der Waals surface area contributed by atoms with Gasteiger partial charge in [-0.1, -0.05) is 50.3 Å². The van der Waals surface area contributed by atoms with Crippen molar-refractivity contribution in [1.82, 2.24) is 9.55 Å². The van der Waals surface area contributed by atoms with Crippen LogP contribution in [0.25, 0.3) is 21.7 Å². The molecule has 1 aliphatic rings. The first-order chi connectivity index (χ1) is 10.9. The fraction of sp³-hybridized carbons (Fsp3) is 0.421. The molecule has 0 unspecified atom stereocenters. The van der Waals surface area contributed by atoms with Crippen molar-refractivity contribution in [3.8, 4) is 10.7 Å². The molecular weight excluding hydrogens is 288 g/mol. The summed E-state index contributed by atoms with van der Waals surface area (Å²) in [6.07, 6.45) is 8.41. The third-order valence-corrected chi connectivity index (χ3v) is 5.75. The molecule has 2 nitrogen and oxygen atoms in total. The van der Waals surface area contributed by atoms with Gasteiger partial charge in [-0.05, 0) is 35.9 Å². The van der Waals surface area contributed by atoms with Crippen LogP contribution in [0.5, 0.6) is 0 Å². The standard InChI is InChI=1S/C19H22N2S/c1-2-7-15(8-3-1)12-13-21-17-10-5-4-9-16(17)20-19(21)18-11-6-14-22-18/h4-6,9-11,14-15H,1-3,7-8,12-13H2. The van der Waals surface area contributed by atoms with Gasteiger partial charge in [0.05, 0.1) is 15.9 Å². The lowest BCUT2D eigenvalue weighted by molar-refractivity contribution is 0.326. The zero-order valence-corrected chi connectivity index (χ0v) is 13.7. The van der Waals surface area contributed by atoms with Crippen LogP contribution in [0.4, 0.5) is 0 Å². The minimum absolute atomic E-state index is 0.908. The molecule has 1 fully saturated rings. The van der Waals surface area contributed by atoms with E-state index < -0.39 is 0 Å². The summed E-state index contributed by atoms with van der Waals surface area (Å²) >= 11 is 1.78. The van der Waals surface area contributed by atoms with E-state index in [0.717, 1.165) is 23.8 Å². The summed E-state index contributed by atoms with van der Waals surface area (Å²) < 4.78 is 2.44. The Morgan fingerprint density at radius 1 is 1.05 bits per heavy atom. The second-order valence-corrected chi connectivity index (χ2v) is 7.29. The highest BCUT2D eigenvalue weighted by Gasteiger charge is 2.17. The Hall–Kier alpha value is -1.61. The number of hydrogen-bond donors (Lipinski definition) is 0. The van der Waals surface area contributed by atoms with E-state index in [9.17, 15) is 0 Å². The Kier molecular flexibility index (Phi) is 3.98. The van der Waals surface area contributed by atoms with Crippen LogP contribution in [0.2, 0.25) is 0 Å². The van der Waals surface area contributed by atoms with Crippen LogP contribution < -0.4 is 0 Å². The predicted molar refractivity (Wildman–Crippen MR) is 94.2 cm³/mol. The van der Waals surface area contributed by atoms with Crippen LogP contribution in [-0.2, 0) is 6.54 Å². The van der Waals surface area contributed by atoms with Gasteiger partial charge in [-0.15, -0.1) is 11.3 Å². The molecule has 4 rings (SSSR count). The number of aryl methyl sites for hydroxylation is 1. The molecule has 0 aliphatic heterocycles. The van der Waals surface area contributed by atoms with E-state index in [1.807, 2.05) is 0 Å². The third kappa shape index (κ3) is 2.70. The van der Waals surface area contributed by atoms with Gasteiger partial charge in [0, 0.05) is 6.54 Å². The number of nitrogens with zero attached hydrogens (tertiary/aromatic N) is 2. The number of benzene rings is 1. The quantitative estimate of drug-likeness (QED) is 0.601. The zero-order valence-electron chi connectivity index (χ0n) is 12.9. The summed E-state index contributed by atoms with van der Waals surface area (Å²) in [6, 6.07) is 12.8. The second kappa shape index (κ2) is 6.25. The zero-order chi connectivity index (χ0) is 14.8. The van der Waals surface area contributed by atoms with Crippen molar-refractivity contribution in [2.75, 3.05) is 0 Å². The Bertz CT molecular complexity index is 736. The largest absolute Gasteiger partial charge is 0.323 e. The van der Waals surface area contributed by atoms with E-state index in [4.69, 9.17) is 4.98 Å².